The second kappa shape index (κ2) is 9.43. The Morgan fingerprint density at radius 1 is 1.12 bits per heavy atom. The Morgan fingerprint density at radius 2 is 1.80 bits per heavy atom. The van der Waals surface area contributed by atoms with Crippen molar-refractivity contribution in [3.63, 3.8) is 0 Å². The zero-order valence-corrected chi connectivity index (χ0v) is 16.8. The summed E-state index contributed by atoms with van der Waals surface area (Å²) in [5.41, 5.74) is 3.09. The van der Waals surface area contributed by atoms with Crippen LogP contribution in [0.2, 0.25) is 0 Å². The van der Waals surface area contributed by atoms with Gasteiger partial charge in [-0.2, -0.15) is 5.10 Å². The van der Waals surface area contributed by atoms with Crippen molar-refractivity contribution in [2.24, 2.45) is 5.10 Å². The van der Waals surface area contributed by atoms with E-state index >= 15 is 0 Å². The molecule has 0 saturated heterocycles. The van der Waals surface area contributed by atoms with Crippen molar-refractivity contribution >= 4 is 44.0 Å². The van der Waals surface area contributed by atoms with Crippen molar-refractivity contribution in [1.29, 1.82) is 0 Å². The highest BCUT2D eigenvalue weighted by molar-refractivity contribution is 9.10. The molecule has 132 valence electrons. The lowest BCUT2D eigenvalue weighted by molar-refractivity contribution is -0.123. The number of nitrogens with one attached hydrogen (secondary N) is 1. The molecule has 2 aromatic carbocycles. The first-order valence-corrected chi connectivity index (χ1v) is 8.74. The minimum atomic E-state index is -0.370. The SMILES string of the molecule is COc1cc(OC)c(/C=N/NC(=O)COc2ccc(Br)cc2)cc1Br. The molecule has 1 N–H and O–H groups in total. The van der Waals surface area contributed by atoms with E-state index in [2.05, 4.69) is 42.4 Å². The molecule has 0 aliphatic heterocycles. The number of benzene rings is 2. The molecule has 0 aromatic heterocycles. The van der Waals surface area contributed by atoms with Gasteiger partial charge in [0.15, 0.2) is 6.61 Å². The van der Waals surface area contributed by atoms with Gasteiger partial charge in [0.2, 0.25) is 0 Å². The number of rotatable bonds is 7. The first-order chi connectivity index (χ1) is 12.0. The van der Waals surface area contributed by atoms with Crippen LogP contribution in [0.4, 0.5) is 0 Å². The van der Waals surface area contributed by atoms with Gasteiger partial charge in [0, 0.05) is 16.1 Å². The van der Waals surface area contributed by atoms with Crippen LogP contribution in [0.15, 0.2) is 50.4 Å². The molecule has 2 rings (SSSR count). The third kappa shape index (κ3) is 5.75. The maximum Gasteiger partial charge on any atom is 0.277 e. The van der Waals surface area contributed by atoms with Gasteiger partial charge in [0.05, 0.1) is 24.9 Å². The lowest BCUT2D eigenvalue weighted by atomic mass is 10.2. The standard InChI is InChI=1S/C17H16Br2N2O4/c1-23-15-8-16(24-2)14(19)7-11(15)9-20-21-17(22)10-25-13-5-3-12(18)4-6-13/h3-9H,10H2,1-2H3,(H,21,22)/b20-9+. The van der Waals surface area contributed by atoms with E-state index in [0.717, 1.165) is 8.95 Å². The first kappa shape index (κ1) is 19.3. The molecule has 0 saturated carbocycles. The summed E-state index contributed by atoms with van der Waals surface area (Å²) in [5, 5.41) is 3.92. The molecule has 25 heavy (non-hydrogen) atoms. The summed E-state index contributed by atoms with van der Waals surface area (Å²) in [6.07, 6.45) is 1.49. The van der Waals surface area contributed by atoms with Gasteiger partial charge in [0.1, 0.15) is 17.2 Å². The van der Waals surface area contributed by atoms with Crippen molar-refractivity contribution in [1.82, 2.24) is 5.43 Å². The molecule has 2 aromatic rings. The number of methoxy groups -OCH3 is 2. The molecule has 8 heteroatoms. The zero-order valence-electron chi connectivity index (χ0n) is 13.6. The number of nitrogens with zero attached hydrogens (tertiary/aromatic N) is 1. The molecule has 0 unspecified atom stereocenters. The average Bonchev–Trinajstić information content (AvgIpc) is 2.61. The molecule has 0 bridgehead atoms. The fraction of sp³-hybridized carbons (Fsp3) is 0.176. The Balaban J connectivity index is 1.92. The molecule has 0 heterocycles. The third-order valence-corrected chi connectivity index (χ3v) is 4.23. The van der Waals surface area contributed by atoms with Crippen LogP contribution in [0.1, 0.15) is 5.56 Å². The van der Waals surface area contributed by atoms with Crippen LogP contribution in [0, 0.1) is 0 Å². The van der Waals surface area contributed by atoms with E-state index in [0.29, 0.717) is 22.8 Å². The smallest absolute Gasteiger partial charge is 0.277 e. The monoisotopic (exact) mass is 470 g/mol. The largest absolute Gasteiger partial charge is 0.496 e. The van der Waals surface area contributed by atoms with Crippen LogP contribution in [-0.4, -0.2) is 32.9 Å². The van der Waals surface area contributed by atoms with E-state index in [9.17, 15) is 4.79 Å². The van der Waals surface area contributed by atoms with Crippen molar-refractivity contribution in [3.05, 3.63) is 50.9 Å². The lowest BCUT2D eigenvalue weighted by Gasteiger charge is -2.09. The Morgan fingerprint density at radius 3 is 2.44 bits per heavy atom. The minimum absolute atomic E-state index is 0.136. The fourth-order valence-electron chi connectivity index (χ4n) is 1.87. The van der Waals surface area contributed by atoms with E-state index in [1.165, 1.54) is 6.21 Å². The van der Waals surface area contributed by atoms with Crippen LogP contribution in [-0.2, 0) is 4.79 Å². The van der Waals surface area contributed by atoms with E-state index in [-0.39, 0.29) is 12.5 Å². The maximum atomic E-state index is 11.8. The molecule has 1 amide bonds. The van der Waals surface area contributed by atoms with Gasteiger partial charge in [-0.1, -0.05) is 15.9 Å². The molecular formula is C17H16Br2N2O4. The molecule has 0 aliphatic rings. The minimum Gasteiger partial charge on any atom is -0.496 e. The number of amides is 1. The number of hydrogen-bond donors (Lipinski definition) is 1. The van der Waals surface area contributed by atoms with Crippen LogP contribution in [0.25, 0.3) is 0 Å². The summed E-state index contributed by atoms with van der Waals surface area (Å²) >= 11 is 6.73. The van der Waals surface area contributed by atoms with Crippen molar-refractivity contribution in [2.75, 3.05) is 20.8 Å². The third-order valence-electron chi connectivity index (χ3n) is 3.08. The van der Waals surface area contributed by atoms with Gasteiger partial charge in [-0.05, 0) is 46.3 Å². The van der Waals surface area contributed by atoms with Gasteiger partial charge < -0.3 is 14.2 Å². The number of hydrazone groups is 1. The second-order valence-corrected chi connectivity index (χ2v) is 6.53. The highest BCUT2D eigenvalue weighted by atomic mass is 79.9. The first-order valence-electron chi connectivity index (χ1n) is 7.15. The number of ether oxygens (including phenoxy) is 3. The Bertz CT molecular complexity index is 764. The van der Waals surface area contributed by atoms with E-state index in [1.807, 2.05) is 12.1 Å². The van der Waals surface area contributed by atoms with Crippen molar-refractivity contribution in [2.45, 2.75) is 0 Å². The van der Waals surface area contributed by atoms with Gasteiger partial charge in [-0.25, -0.2) is 5.43 Å². The molecule has 0 atom stereocenters. The maximum absolute atomic E-state index is 11.8. The quantitative estimate of drug-likeness (QED) is 0.493. The number of carbonyl (C=O) groups excluding carboxylic acids is 1. The van der Waals surface area contributed by atoms with Crippen LogP contribution < -0.4 is 19.6 Å². The topological polar surface area (TPSA) is 69.2 Å². The second-order valence-electron chi connectivity index (χ2n) is 4.76. The summed E-state index contributed by atoms with van der Waals surface area (Å²) in [7, 11) is 3.11. The summed E-state index contributed by atoms with van der Waals surface area (Å²) in [4.78, 5) is 11.8. The number of halogens is 2. The molecule has 0 aliphatic carbocycles. The molecular weight excluding hydrogens is 456 g/mol. The van der Waals surface area contributed by atoms with E-state index < -0.39 is 0 Å². The molecule has 0 spiro atoms. The highest BCUT2D eigenvalue weighted by Crippen LogP contribution is 2.31. The highest BCUT2D eigenvalue weighted by Gasteiger charge is 2.08. The van der Waals surface area contributed by atoms with E-state index in [4.69, 9.17) is 14.2 Å². The Hall–Kier alpha value is -2.06. The lowest BCUT2D eigenvalue weighted by Crippen LogP contribution is -2.24. The average molecular weight is 472 g/mol. The van der Waals surface area contributed by atoms with Crippen LogP contribution in [0.5, 0.6) is 17.2 Å². The van der Waals surface area contributed by atoms with Crippen LogP contribution in [0.3, 0.4) is 0 Å². The van der Waals surface area contributed by atoms with Gasteiger partial charge in [-0.3, -0.25) is 4.79 Å². The van der Waals surface area contributed by atoms with E-state index in [1.54, 1.807) is 38.5 Å². The predicted octanol–water partition coefficient (Wildman–Crippen LogP) is 3.76. The zero-order chi connectivity index (χ0) is 18.2. The fourth-order valence-corrected chi connectivity index (χ4v) is 2.66. The molecule has 0 fully saturated rings. The van der Waals surface area contributed by atoms with Gasteiger partial charge in [0.25, 0.3) is 5.91 Å². The van der Waals surface area contributed by atoms with Crippen molar-refractivity contribution < 1.29 is 19.0 Å². The summed E-state index contributed by atoms with van der Waals surface area (Å²) in [6.45, 7) is -0.136. The van der Waals surface area contributed by atoms with Crippen LogP contribution >= 0.6 is 31.9 Å². The number of hydrogen-bond acceptors (Lipinski definition) is 5. The summed E-state index contributed by atoms with van der Waals surface area (Å²) in [5.74, 6) is 1.44. The van der Waals surface area contributed by atoms with Gasteiger partial charge in [-0.15, -0.1) is 0 Å². The molecule has 0 radical (unpaired) electrons. The Labute approximate surface area is 162 Å². The van der Waals surface area contributed by atoms with Gasteiger partial charge >= 0.3 is 0 Å². The summed E-state index contributed by atoms with van der Waals surface area (Å²) < 4.78 is 17.5. The normalized spacial score (nSPS) is 10.6. The molecule has 6 nitrogen and oxygen atoms in total. The van der Waals surface area contributed by atoms with Crippen molar-refractivity contribution in [3.8, 4) is 17.2 Å². The summed E-state index contributed by atoms with van der Waals surface area (Å²) in [6, 6.07) is 10.7. The predicted molar refractivity (Wildman–Crippen MR) is 103 cm³/mol. The Kier molecular flexibility index (Phi) is 7.27. The number of carbonyl (C=O) groups is 1.